The Labute approximate surface area is 101 Å². The number of sulfonamides is 1. The highest BCUT2D eigenvalue weighted by atomic mass is 32.2. The predicted octanol–water partition coefficient (Wildman–Crippen LogP) is -1.98. The summed E-state index contributed by atoms with van der Waals surface area (Å²) in [7, 11) is -3.53. The highest BCUT2D eigenvalue weighted by Gasteiger charge is 2.33. The van der Waals surface area contributed by atoms with Crippen LogP contribution in [-0.4, -0.2) is 52.4 Å². The van der Waals surface area contributed by atoms with Gasteiger partial charge in [-0.2, -0.15) is 0 Å². The van der Waals surface area contributed by atoms with Gasteiger partial charge in [-0.1, -0.05) is 6.92 Å². The Morgan fingerprint density at radius 3 is 2.76 bits per heavy atom. The van der Waals surface area contributed by atoms with Crippen molar-refractivity contribution in [3.63, 3.8) is 0 Å². The Bertz CT molecular complexity index is 357. The van der Waals surface area contributed by atoms with Crippen molar-refractivity contribution in [3.05, 3.63) is 0 Å². The molecule has 0 radical (unpaired) electrons. The number of amides is 1. The first-order valence-electron chi connectivity index (χ1n) is 5.53. The molecule has 0 spiro atoms. The Kier molecular flexibility index (Phi) is 5.31. The second-order valence-corrected chi connectivity index (χ2v) is 5.70. The molecule has 0 aromatic rings. The molecule has 2 atom stereocenters. The molecule has 100 valence electrons. The van der Waals surface area contributed by atoms with Crippen LogP contribution in [0.5, 0.6) is 0 Å². The molecule has 17 heavy (non-hydrogen) atoms. The largest absolute Gasteiger partial charge is 0.379 e. The number of carbonyl (C=O) groups is 1. The number of rotatable bonds is 6. The fourth-order valence-electron chi connectivity index (χ4n) is 1.72. The van der Waals surface area contributed by atoms with Gasteiger partial charge in [0.1, 0.15) is 0 Å². The Morgan fingerprint density at radius 1 is 1.47 bits per heavy atom. The molecule has 1 aliphatic rings. The zero-order valence-corrected chi connectivity index (χ0v) is 10.6. The van der Waals surface area contributed by atoms with Crippen LogP contribution in [0.1, 0.15) is 6.92 Å². The Hall–Kier alpha value is -0.700. The average molecular weight is 265 g/mol. The summed E-state index contributed by atoms with van der Waals surface area (Å²) in [6.07, 6.45) is 0. The summed E-state index contributed by atoms with van der Waals surface area (Å²) in [6, 6.07) is -0.00511. The van der Waals surface area contributed by atoms with E-state index < -0.39 is 10.0 Å². The molecule has 1 rings (SSSR count). The number of hydrogen-bond donors (Lipinski definition) is 3. The summed E-state index contributed by atoms with van der Waals surface area (Å²) in [4.78, 5) is 11.7. The van der Waals surface area contributed by atoms with Crippen LogP contribution in [0.4, 0.5) is 0 Å². The first-order chi connectivity index (χ1) is 7.94. The van der Waals surface area contributed by atoms with Gasteiger partial charge >= 0.3 is 0 Å². The van der Waals surface area contributed by atoms with Gasteiger partial charge in [0.2, 0.25) is 15.9 Å². The molecule has 0 aromatic heterocycles. The third-order valence-electron chi connectivity index (χ3n) is 2.57. The molecule has 1 aliphatic heterocycles. The van der Waals surface area contributed by atoms with E-state index >= 15 is 0 Å². The minimum atomic E-state index is -3.53. The lowest BCUT2D eigenvalue weighted by molar-refractivity contribution is -0.125. The van der Waals surface area contributed by atoms with Gasteiger partial charge < -0.3 is 15.4 Å². The van der Waals surface area contributed by atoms with Crippen molar-refractivity contribution in [3.8, 4) is 0 Å². The quantitative estimate of drug-likeness (QED) is 0.515. The van der Waals surface area contributed by atoms with Crippen molar-refractivity contribution in [1.82, 2.24) is 10.6 Å². The number of ether oxygens (including phenoxy) is 1. The van der Waals surface area contributed by atoms with E-state index in [1.165, 1.54) is 0 Å². The van der Waals surface area contributed by atoms with Crippen LogP contribution in [0.3, 0.4) is 0 Å². The topological polar surface area (TPSA) is 111 Å². The van der Waals surface area contributed by atoms with Crippen molar-refractivity contribution in [1.29, 1.82) is 0 Å². The van der Waals surface area contributed by atoms with E-state index in [2.05, 4.69) is 10.6 Å². The van der Waals surface area contributed by atoms with E-state index in [1.54, 1.807) is 0 Å². The maximum absolute atomic E-state index is 11.7. The molecular weight excluding hydrogens is 246 g/mol. The fraction of sp³-hybridized carbons (Fsp3) is 0.889. The number of nitrogens with one attached hydrogen (secondary N) is 2. The lowest BCUT2D eigenvalue weighted by Gasteiger charge is -2.17. The summed E-state index contributed by atoms with van der Waals surface area (Å²) in [6.45, 7) is 3.61. The first-order valence-corrected chi connectivity index (χ1v) is 7.25. The molecule has 2 unspecified atom stereocenters. The van der Waals surface area contributed by atoms with Gasteiger partial charge in [-0.3, -0.25) is 4.79 Å². The molecule has 1 amide bonds. The lowest BCUT2D eigenvalue weighted by Crippen LogP contribution is -2.45. The van der Waals surface area contributed by atoms with Crippen molar-refractivity contribution in [2.75, 3.05) is 32.1 Å². The van der Waals surface area contributed by atoms with E-state index in [0.29, 0.717) is 13.2 Å². The molecule has 7 nitrogen and oxygen atoms in total. The van der Waals surface area contributed by atoms with Crippen molar-refractivity contribution in [2.45, 2.75) is 13.0 Å². The van der Waals surface area contributed by atoms with Crippen LogP contribution < -0.4 is 15.8 Å². The lowest BCUT2D eigenvalue weighted by atomic mass is 10.0. The molecule has 0 bridgehead atoms. The van der Waals surface area contributed by atoms with Gasteiger partial charge in [0, 0.05) is 12.6 Å². The van der Waals surface area contributed by atoms with Crippen LogP contribution in [0.15, 0.2) is 0 Å². The molecule has 0 saturated carbocycles. The second kappa shape index (κ2) is 6.29. The normalized spacial score (nSPS) is 24.8. The molecule has 0 aliphatic carbocycles. The number of likely N-dealkylation sites (N-methyl/N-ethyl adjacent to an activating group) is 1. The molecule has 1 fully saturated rings. The van der Waals surface area contributed by atoms with Gasteiger partial charge in [-0.15, -0.1) is 0 Å². The number of primary sulfonamides is 1. The highest BCUT2D eigenvalue weighted by Crippen LogP contribution is 2.13. The van der Waals surface area contributed by atoms with Crippen LogP contribution in [-0.2, 0) is 19.6 Å². The second-order valence-electron chi connectivity index (χ2n) is 3.97. The van der Waals surface area contributed by atoms with Crippen molar-refractivity contribution < 1.29 is 17.9 Å². The monoisotopic (exact) mass is 265 g/mol. The molecular formula is C9H19N3O4S. The van der Waals surface area contributed by atoms with Crippen LogP contribution >= 0.6 is 0 Å². The molecule has 0 aromatic carbocycles. The summed E-state index contributed by atoms with van der Waals surface area (Å²) in [5, 5.41) is 10.5. The summed E-state index contributed by atoms with van der Waals surface area (Å²) in [5.74, 6) is -0.717. The summed E-state index contributed by atoms with van der Waals surface area (Å²) >= 11 is 0. The summed E-state index contributed by atoms with van der Waals surface area (Å²) < 4.78 is 26.6. The number of carbonyl (C=O) groups excluding carboxylic acids is 1. The van der Waals surface area contributed by atoms with E-state index in [-0.39, 0.29) is 30.2 Å². The van der Waals surface area contributed by atoms with Gasteiger partial charge in [-0.05, 0) is 6.54 Å². The smallest absolute Gasteiger partial charge is 0.227 e. The van der Waals surface area contributed by atoms with Crippen molar-refractivity contribution in [2.24, 2.45) is 11.1 Å². The fourth-order valence-corrected chi connectivity index (χ4v) is 2.11. The maximum Gasteiger partial charge on any atom is 0.227 e. The molecule has 4 N–H and O–H groups in total. The van der Waals surface area contributed by atoms with E-state index in [0.717, 1.165) is 6.54 Å². The van der Waals surface area contributed by atoms with E-state index in [1.807, 2.05) is 6.92 Å². The SMILES string of the molecule is CCNC1COCC1C(=O)NCCS(N)(=O)=O. The van der Waals surface area contributed by atoms with Crippen LogP contribution in [0.2, 0.25) is 0 Å². The predicted molar refractivity (Wildman–Crippen MR) is 62.8 cm³/mol. The van der Waals surface area contributed by atoms with Gasteiger partial charge in [0.25, 0.3) is 0 Å². The van der Waals surface area contributed by atoms with Gasteiger partial charge in [0.05, 0.1) is 24.9 Å². The number of nitrogens with two attached hydrogens (primary N) is 1. The van der Waals surface area contributed by atoms with E-state index in [4.69, 9.17) is 9.88 Å². The van der Waals surface area contributed by atoms with Gasteiger partial charge in [0.15, 0.2) is 0 Å². The summed E-state index contributed by atoms with van der Waals surface area (Å²) in [5.41, 5.74) is 0. The third-order valence-corrected chi connectivity index (χ3v) is 3.34. The van der Waals surface area contributed by atoms with Crippen LogP contribution in [0, 0.1) is 5.92 Å². The van der Waals surface area contributed by atoms with Crippen LogP contribution in [0.25, 0.3) is 0 Å². The molecule has 1 heterocycles. The molecule has 1 saturated heterocycles. The van der Waals surface area contributed by atoms with E-state index in [9.17, 15) is 13.2 Å². The highest BCUT2D eigenvalue weighted by molar-refractivity contribution is 7.89. The first kappa shape index (κ1) is 14.4. The minimum absolute atomic E-state index is 0.00511. The zero-order valence-electron chi connectivity index (χ0n) is 9.81. The average Bonchev–Trinajstić information content (AvgIpc) is 2.64. The van der Waals surface area contributed by atoms with Crippen molar-refractivity contribution >= 4 is 15.9 Å². The third kappa shape index (κ3) is 4.99. The standard InChI is InChI=1S/C9H19N3O4S/c1-2-11-8-6-16-5-7(8)9(13)12-3-4-17(10,14)15/h7-8,11H,2-6H2,1H3,(H,12,13)(H2,10,14,15). The molecule has 8 heteroatoms. The zero-order chi connectivity index (χ0) is 12.9. The number of hydrogen-bond acceptors (Lipinski definition) is 5. The Morgan fingerprint density at radius 2 is 2.18 bits per heavy atom. The minimum Gasteiger partial charge on any atom is -0.379 e. The van der Waals surface area contributed by atoms with Gasteiger partial charge in [-0.25, -0.2) is 13.6 Å². The maximum atomic E-state index is 11.7. The Balaban J connectivity index is 2.36.